The molecule has 4 rings (SSSR count). The normalized spacial score (nSPS) is 11.1. The fourth-order valence-corrected chi connectivity index (χ4v) is 3.21. The van der Waals surface area contributed by atoms with E-state index in [4.69, 9.17) is 0 Å². The van der Waals surface area contributed by atoms with Crippen molar-refractivity contribution in [2.45, 2.75) is 0 Å². The van der Waals surface area contributed by atoms with E-state index >= 15 is 0 Å². The van der Waals surface area contributed by atoms with E-state index in [1.807, 2.05) is 24.3 Å². The van der Waals surface area contributed by atoms with Gasteiger partial charge in [0.05, 0.1) is 15.6 Å². The zero-order chi connectivity index (χ0) is 21.1. The van der Waals surface area contributed by atoms with Gasteiger partial charge in [-0.3, -0.25) is 15.5 Å². The Bertz CT molecular complexity index is 1280. The van der Waals surface area contributed by atoms with Crippen molar-refractivity contribution in [3.05, 3.63) is 67.1 Å². The van der Waals surface area contributed by atoms with Gasteiger partial charge in [-0.2, -0.15) is 10.1 Å². The molecule has 0 bridgehead atoms. The molecule has 11 nitrogen and oxygen atoms in total. The highest BCUT2D eigenvalue weighted by atomic mass is 79.9. The van der Waals surface area contributed by atoms with Crippen LogP contribution in [0, 0.1) is 10.1 Å². The molecular weight excluding hydrogens is 524 g/mol. The lowest BCUT2D eigenvalue weighted by atomic mass is 10.2. The third-order valence-electron chi connectivity index (χ3n) is 3.75. The number of nitrogens with one attached hydrogen (secondary N) is 2. The lowest BCUT2D eigenvalue weighted by molar-refractivity contribution is -0.385. The third kappa shape index (κ3) is 4.41. The Morgan fingerprint density at radius 2 is 1.83 bits per heavy atom. The number of nitro groups is 1. The quantitative estimate of drug-likeness (QED) is 0.206. The van der Waals surface area contributed by atoms with Crippen molar-refractivity contribution in [3.8, 4) is 0 Å². The second-order valence-electron chi connectivity index (χ2n) is 5.81. The molecule has 2 N–H and O–H groups in total. The largest absolute Gasteiger partial charge is 0.337 e. The Morgan fingerprint density at radius 1 is 1.07 bits per heavy atom. The standard InChI is InChI=1S/C17H10Br2N8O3/c18-10-2-1-3-11(7-10)21-14-15(23-17-16(22-14)25-30-26-17)24-20-8-9-4-5-12(19)13(6-9)27(28)29/h1-8H,(H,21,22,25)(H,23,24,26). The first-order valence-electron chi connectivity index (χ1n) is 8.25. The molecule has 0 radical (unpaired) electrons. The van der Waals surface area contributed by atoms with Crippen LogP contribution in [0.25, 0.3) is 11.3 Å². The smallest absolute Gasteiger partial charge is 0.284 e. The van der Waals surface area contributed by atoms with Gasteiger partial charge in [-0.05, 0) is 50.5 Å². The molecular formula is C17H10Br2N8O3. The Labute approximate surface area is 185 Å². The highest BCUT2D eigenvalue weighted by Crippen LogP contribution is 2.26. The first-order chi connectivity index (χ1) is 14.5. The van der Waals surface area contributed by atoms with Crippen LogP contribution in [0.3, 0.4) is 0 Å². The molecule has 0 spiro atoms. The lowest BCUT2D eigenvalue weighted by Gasteiger charge is -2.09. The molecule has 0 atom stereocenters. The molecule has 13 heteroatoms. The van der Waals surface area contributed by atoms with Gasteiger partial charge in [0, 0.05) is 21.8 Å². The van der Waals surface area contributed by atoms with E-state index < -0.39 is 4.92 Å². The molecule has 0 aliphatic carbocycles. The number of aromatic nitrogens is 4. The molecule has 2 aromatic carbocycles. The van der Waals surface area contributed by atoms with Gasteiger partial charge in [0.2, 0.25) is 11.3 Å². The third-order valence-corrected chi connectivity index (χ3v) is 4.92. The van der Waals surface area contributed by atoms with Gasteiger partial charge in [-0.15, -0.1) is 0 Å². The van der Waals surface area contributed by atoms with Crippen LogP contribution in [0.4, 0.5) is 23.0 Å². The minimum Gasteiger partial charge on any atom is -0.337 e. The van der Waals surface area contributed by atoms with Crippen molar-refractivity contribution in [1.82, 2.24) is 20.3 Å². The van der Waals surface area contributed by atoms with E-state index in [9.17, 15) is 10.1 Å². The van der Waals surface area contributed by atoms with Gasteiger partial charge in [-0.1, -0.05) is 28.1 Å². The minimum absolute atomic E-state index is 0.0640. The first kappa shape index (κ1) is 19.8. The molecule has 30 heavy (non-hydrogen) atoms. The summed E-state index contributed by atoms with van der Waals surface area (Å²) in [4.78, 5) is 19.2. The molecule has 0 saturated carbocycles. The molecule has 0 aliphatic rings. The maximum Gasteiger partial charge on any atom is 0.284 e. The SMILES string of the molecule is O=[N+]([O-])c1cc(C=NNc2nc3nonc3nc2Nc2cccc(Br)c2)ccc1Br. The molecule has 0 unspecified atom stereocenters. The monoisotopic (exact) mass is 532 g/mol. The Hall–Kier alpha value is -3.45. The predicted molar refractivity (Wildman–Crippen MR) is 117 cm³/mol. The van der Waals surface area contributed by atoms with Crippen LogP contribution >= 0.6 is 31.9 Å². The topological polar surface area (TPSA) is 144 Å². The summed E-state index contributed by atoms with van der Waals surface area (Å²) >= 11 is 6.56. The van der Waals surface area contributed by atoms with Crippen LogP contribution in [-0.2, 0) is 0 Å². The summed E-state index contributed by atoms with van der Waals surface area (Å²) < 4.78 is 5.94. The highest BCUT2D eigenvalue weighted by Gasteiger charge is 2.14. The Kier molecular flexibility index (Phi) is 5.63. The molecule has 2 aromatic heterocycles. The molecule has 0 fully saturated rings. The van der Waals surface area contributed by atoms with Gasteiger partial charge >= 0.3 is 0 Å². The number of nitro benzene ring substituents is 1. The van der Waals surface area contributed by atoms with E-state index in [0.717, 1.165) is 10.2 Å². The maximum atomic E-state index is 11.1. The van der Waals surface area contributed by atoms with Gasteiger partial charge in [-0.25, -0.2) is 9.61 Å². The van der Waals surface area contributed by atoms with E-state index in [0.29, 0.717) is 15.9 Å². The maximum absolute atomic E-state index is 11.1. The second kappa shape index (κ2) is 8.51. The van der Waals surface area contributed by atoms with Crippen LogP contribution in [-0.4, -0.2) is 31.4 Å². The van der Waals surface area contributed by atoms with Crippen molar-refractivity contribution < 1.29 is 9.55 Å². The number of hydrogen-bond acceptors (Lipinski definition) is 10. The second-order valence-corrected chi connectivity index (χ2v) is 7.58. The summed E-state index contributed by atoms with van der Waals surface area (Å²) in [5, 5.41) is 25.7. The van der Waals surface area contributed by atoms with Crippen LogP contribution in [0.15, 0.2) is 61.1 Å². The zero-order valence-corrected chi connectivity index (χ0v) is 18.0. The number of rotatable bonds is 6. The Morgan fingerprint density at radius 3 is 2.57 bits per heavy atom. The van der Waals surface area contributed by atoms with Crippen LogP contribution in [0.1, 0.15) is 5.56 Å². The summed E-state index contributed by atoms with van der Waals surface area (Å²) in [5.74, 6) is 0.608. The number of hydrazone groups is 1. The molecule has 0 amide bonds. The molecule has 4 aromatic rings. The van der Waals surface area contributed by atoms with E-state index in [2.05, 4.69) is 72.6 Å². The van der Waals surface area contributed by atoms with Gasteiger partial charge in [0.25, 0.3) is 5.69 Å². The summed E-state index contributed by atoms with van der Waals surface area (Å²) in [5.41, 5.74) is 4.42. The van der Waals surface area contributed by atoms with Gasteiger partial charge < -0.3 is 5.32 Å². The lowest BCUT2D eigenvalue weighted by Crippen LogP contribution is -2.03. The highest BCUT2D eigenvalue weighted by molar-refractivity contribution is 9.10. The number of anilines is 3. The van der Waals surface area contributed by atoms with Crippen molar-refractivity contribution in [1.29, 1.82) is 0 Å². The van der Waals surface area contributed by atoms with Crippen LogP contribution in [0.5, 0.6) is 0 Å². The Balaban J connectivity index is 1.62. The summed E-state index contributed by atoms with van der Waals surface area (Å²) in [6, 6.07) is 12.1. The van der Waals surface area contributed by atoms with Crippen molar-refractivity contribution >= 4 is 72.4 Å². The van der Waals surface area contributed by atoms with E-state index in [1.54, 1.807) is 12.1 Å². The molecule has 0 saturated heterocycles. The zero-order valence-electron chi connectivity index (χ0n) is 14.8. The molecule has 150 valence electrons. The summed E-state index contributed by atoms with van der Waals surface area (Å²) in [6.07, 6.45) is 1.43. The fraction of sp³-hybridized carbons (Fsp3) is 0. The van der Waals surface area contributed by atoms with Gasteiger partial charge in [0.15, 0.2) is 11.6 Å². The van der Waals surface area contributed by atoms with Crippen LogP contribution < -0.4 is 10.7 Å². The predicted octanol–water partition coefficient (Wildman–Crippen LogP) is 4.64. The summed E-state index contributed by atoms with van der Waals surface area (Å²) in [6.45, 7) is 0. The average molecular weight is 534 g/mol. The number of benzene rings is 2. The van der Waals surface area contributed by atoms with E-state index in [1.165, 1.54) is 12.3 Å². The number of halogens is 2. The first-order valence-corrected chi connectivity index (χ1v) is 9.84. The molecule has 2 heterocycles. The van der Waals surface area contributed by atoms with Gasteiger partial charge in [0.1, 0.15) is 0 Å². The summed E-state index contributed by atoms with van der Waals surface area (Å²) in [7, 11) is 0. The van der Waals surface area contributed by atoms with Crippen molar-refractivity contribution in [2.24, 2.45) is 5.10 Å². The molecule has 0 aliphatic heterocycles. The number of fused-ring (bicyclic) bond motifs is 1. The van der Waals surface area contributed by atoms with E-state index in [-0.39, 0.29) is 22.8 Å². The fourth-order valence-electron chi connectivity index (χ4n) is 2.42. The van der Waals surface area contributed by atoms with Crippen molar-refractivity contribution in [2.75, 3.05) is 10.7 Å². The number of hydrogen-bond donors (Lipinski definition) is 2. The average Bonchev–Trinajstić information content (AvgIpc) is 3.16. The van der Waals surface area contributed by atoms with Crippen LogP contribution in [0.2, 0.25) is 0 Å². The minimum atomic E-state index is -0.480. The number of nitrogens with zero attached hydrogens (tertiary/aromatic N) is 6. The van der Waals surface area contributed by atoms with Crippen molar-refractivity contribution in [3.63, 3.8) is 0 Å².